The van der Waals surface area contributed by atoms with E-state index >= 15 is 0 Å². The van der Waals surface area contributed by atoms with Gasteiger partial charge in [0.25, 0.3) is 5.91 Å². The fraction of sp³-hybridized carbons (Fsp3) is 0.176. The first-order valence-corrected chi connectivity index (χ1v) is 7.89. The van der Waals surface area contributed by atoms with Crippen LogP contribution >= 0.6 is 23.2 Å². The van der Waals surface area contributed by atoms with Gasteiger partial charge in [-0.25, -0.2) is 0 Å². The van der Waals surface area contributed by atoms with E-state index in [0.29, 0.717) is 40.7 Å². The van der Waals surface area contributed by atoms with Gasteiger partial charge in [-0.3, -0.25) is 9.59 Å². The minimum Gasteiger partial charge on any atom is -0.352 e. The molecule has 120 valence electrons. The molecule has 2 aromatic carbocycles. The van der Waals surface area contributed by atoms with Crippen molar-refractivity contribution in [2.75, 3.05) is 11.9 Å². The Kier molecular flexibility index (Phi) is 6.44. The van der Waals surface area contributed by atoms with Gasteiger partial charge >= 0.3 is 0 Å². The van der Waals surface area contributed by atoms with Gasteiger partial charge in [0.1, 0.15) is 0 Å². The molecule has 0 aliphatic heterocycles. The molecule has 0 aromatic heterocycles. The molecular formula is C17H16Cl2N2O2. The van der Waals surface area contributed by atoms with Crippen LogP contribution in [0.3, 0.4) is 0 Å². The molecule has 0 aliphatic carbocycles. The highest BCUT2D eigenvalue weighted by Crippen LogP contribution is 2.15. The van der Waals surface area contributed by atoms with Gasteiger partial charge in [0.15, 0.2) is 0 Å². The molecule has 4 nitrogen and oxygen atoms in total. The Bertz CT molecular complexity index is 687. The summed E-state index contributed by atoms with van der Waals surface area (Å²) in [5.74, 6) is -0.301. The van der Waals surface area contributed by atoms with Crippen LogP contribution < -0.4 is 10.6 Å². The standard InChI is InChI=1S/C17H16Cl2N2O2/c18-13-8-6-12(7-9-13)17(23)20-10-2-5-16(22)21-15-4-1-3-14(19)11-15/h1,3-4,6-9,11H,2,5,10H2,(H,20,23)(H,21,22). The lowest BCUT2D eigenvalue weighted by atomic mass is 10.2. The average molecular weight is 351 g/mol. The van der Waals surface area contributed by atoms with Crippen molar-refractivity contribution in [2.45, 2.75) is 12.8 Å². The Hall–Kier alpha value is -2.04. The summed E-state index contributed by atoms with van der Waals surface area (Å²) in [6.45, 7) is 0.421. The number of nitrogens with one attached hydrogen (secondary N) is 2. The number of anilines is 1. The maximum absolute atomic E-state index is 11.9. The van der Waals surface area contributed by atoms with E-state index in [1.54, 1.807) is 48.5 Å². The van der Waals surface area contributed by atoms with Crippen molar-refractivity contribution in [1.82, 2.24) is 5.32 Å². The van der Waals surface area contributed by atoms with E-state index in [0.717, 1.165) is 0 Å². The lowest BCUT2D eigenvalue weighted by Gasteiger charge is -2.07. The first kappa shape index (κ1) is 17.3. The monoisotopic (exact) mass is 350 g/mol. The summed E-state index contributed by atoms with van der Waals surface area (Å²) < 4.78 is 0. The summed E-state index contributed by atoms with van der Waals surface area (Å²) in [4.78, 5) is 23.7. The van der Waals surface area contributed by atoms with Crippen molar-refractivity contribution >= 4 is 40.7 Å². The van der Waals surface area contributed by atoms with E-state index in [4.69, 9.17) is 23.2 Å². The smallest absolute Gasteiger partial charge is 0.251 e. The number of amides is 2. The highest BCUT2D eigenvalue weighted by Gasteiger charge is 2.06. The minimum absolute atomic E-state index is 0.118. The van der Waals surface area contributed by atoms with E-state index in [-0.39, 0.29) is 11.8 Å². The van der Waals surface area contributed by atoms with Crippen LogP contribution in [0.25, 0.3) is 0 Å². The van der Waals surface area contributed by atoms with Crippen molar-refractivity contribution < 1.29 is 9.59 Å². The summed E-state index contributed by atoms with van der Waals surface area (Å²) in [6, 6.07) is 13.6. The third kappa shape index (κ3) is 5.93. The molecule has 0 aliphatic rings. The van der Waals surface area contributed by atoms with Crippen LogP contribution in [0.1, 0.15) is 23.2 Å². The Morgan fingerprint density at radius 3 is 2.39 bits per heavy atom. The molecular weight excluding hydrogens is 335 g/mol. The molecule has 0 saturated heterocycles. The van der Waals surface area contributed by atoms with Gasteiger partial charge in [0.2, 0.25) is 5.91 Å². The Labute approximate surface area is 144 Å². The summed E-state index contributed by atoms with van der Waals surface area (Å²) in [6.07, 6.45) is 0.860. The molecule has 23 heavy (non-hydrogen) atoms. The van der Waals surface area contributed by atoms with E-state index in [2.05, 4.69) is 10.6 Å². The Morgan fingerprint density at radius 2 is 1.70 bits per heavy atom. The summed E-state index contributed by atoms with van der Waals surface area (Å²) >= 11 is 11.6. The number of benzene rings is 2. The zero-order valence-electron chi connectivity index (χ0n) is 12.3. The number of carbonyl (C=O) groups excluding carboxylic acids is 2. The molecule has 0 radical (unpaired) electrons. The minimum atomic E-state index is -0.183. The number of hydrogen-bond acceptors (Lipinski definition) is 2. The quantitative estimate of drug-likeness (QED) is 0.769. The maximum atomic E-state index is 11.9. The molecule has 2 aromatic rings. The average Bonchev–Trinajstić information content (AvgIpc) is 2.52. The zero-order chi connectivity index (χ0) is 16.7. The molecule has 0 atom stereocenters. The molecule has 0 saturated carbocycles. The predicted octanol–water partition coefficient (Wildman–Crippen LogP) is 4.14. The van der Waals surface area contributed by atoms with Crippen LogP contribution in [0.2, 0.25) is 10.0 Å². The normalized spacial score (nSPS) is 10.2. The second kappa shape index (κ2) is 8.56. The Morgan fingerprint density at radius 1 is 0.957 bits per heavy atom. The van der Waals surface area contributed by atoms with Crippen LogP contribution in [-0.2, 0) is 4.79 Å². The second-order valence-corrected chi connectivity index (χ2v) is 5.80. The third-order valence-electron chi connectivity index (χ3n) is 3.08. The van der Waals surface area contributed by atoms with Gasteiger partial charge in [0, 0.05) is 34.3 Å². The molecule has 0 bridgehead atoms. The van der Waals surface area contributed by atoms with Gasteiger partial charge in [-0.2, -0.15) is 0 Å². The van der Waals surface area contributed by atoms with E-state index in [9.17, 15) is 9.59 Å². The number of hydrogen-bond donors (Lipinski definition) is 2. The topological polar surface area (TPSA) is 58.2 Å². The van der Waals surface area contributed by atoms with Crippen LogP contribution in [0, 0.1) is 0 Å². The van der Waals surface area contributed by atoms with E-state index in [1.165, 1.54) is 0 Å². The van der Waals surface area contributed by atoms with E-state index in [1.807, 2.05) is 0 Å². The van der Waals surface area contributed by atoms with Crippen LogP contribution in [0.15, 0.2) is 48.5 Å². The highest BCUT2D eigenvalue weighted by molar-refractivity contribution is 6.31. The molecule has 2 N–H and O–H groups in total. The first-order chi connectivity index (χ1) is 11.0. The fourth-order valence-electron chi connectivity index (χ4n) is 1.94. The van der Waals surface area contributed by atoms with Crippen molar-refractivity contribution in [2.24, 2.45) is 0 Å². The van der Waals surface area contributed by atoms with Gasteiger partial charge in [-0.05, 0) is 48.9 Å². The SMILES string of the molecule is O=C(CCCNC(=O)c1ccc(Cl)cc1)Nc1cccc(Cl)c1. The Balaban J connectivity index is 1.69. The fourth-order valence-corrected chi connectivity index (χ4v) is 2.26. The molecule has 2 rings (SSSR count). The number of halogens is 2. The summed E-state index contributed by atoms with van der Waals surface area (Å²) in [5.41, 5.74) is 1.20. The number of rotatable bonds is 6. The van der Waals surface area contributed by atoms with E-state index < -0.39 is 0 Å². The molecule has 0 unspecified atom stereocenters. The summed E-state index contributed by atoms with van der Waals surface area (Å²) in [5, 5.41) is 6.67. The van der Waals surface area contributed by atoms with Gasteiger partial charge in [-0.15, -0.1) is 0 Å². The number of carbonyl (C=O) groups is 2. The second-order valence-electron chi connectivity index (χ2n) is 4.92. The van der Waals surface area contributed by atoms with Gasteiger partial charge in [0.05, 0.1) is 0 Å². The lowest BCUT2D eigenvalue weighted by Crippen LogP contribution is -2.25. The lowest BCUT2D eigenvalue weighted by molar-refractivity contribution is -0.116. The highest BCUT2D eigenvalue weighted by atomic mass is 35.5. The van der Waals surface area contributed by atoms with Gasteiger partial charge < -0.3 is 10.6 Å². The van der Waals surface area contributed by atoms with Crippen LogP contribution in [0.4, 0.5) is 5.69 Å². The summed E-state index contributed by atoms with van der Waals surface area (Å²) in [7, 11) is 0. The molecule has 0 fully saturated rings. The molecule has 6 heteroatoms. The molecule has 0 spiro atoms. The molecule has 2 amide bonds. The van der Waals surface area contributed by atoms with Crippen molar-refractivity contribution in [3.05, 3.63) is 64.1 Å². The van der Waals surface area contributed by atoms with Crippen LogP contribution in [0.5, 0.6) is 0 Å². The maximum Gasteiger partial charge on any atom is 0.251 e. The third-order valence-corrected chi connectivity index (χ3v) is 3.57. The zero-order valence-corrected chi connectivity index (χ0v) is 13.8. The van der Waals surface area contributed by atoms with Crippen molar-refractivity contribution in [3.8, 4) is 0 Å². The largest absolute Gasteiger partial charge is 0.352 e. The van der Waals surface area contributed by atoms with Crippen LogP contribution in [-0.4, -0.2) is 18.4 Å². The van der Waals surface area contributed by atoms with Crippen molar-refractivity contribution in [3.63, 3.8) is 0 Å². The molecule has 0 heterocycles. The first-order valence-electron chi connectivity index (χ1n) is 7.14. The van der Waals surface area contributed by atoms with Crippen molar-refractivity contribution in [1.29, 1.82) is 0 Å². The van der Waals surface area contributed by atoms with Gasteiger partial charge in [-0.1, -0.05) is 29.3 Å². The predicted molar refractivity (Wildman–Crippen MR) is 93.1 cm³/mol.